The van der Waals surface area contributed by atoms with E-state index >= 15 is 0 Å². The molecule has 2 aromatic carbocycles. The van der Waals surface area contributed by atoms with Gasteiger partial charge in [0.05, 0.1) is 53.2 Å². The fourth-order valence-corrected chi connectivity index (χ4v) is 4.52. The number of hydrogen-bond acceptors (Lipinski definition) is 7. The van der Waals surface area contributed by atoms with E-state index in [-0.39, 0.29) is 37.1 Å². The summed E-state index contributed by atoms with van der Waals surface area (Å²) in [6.07, 6.45) is -3.89. The SMILES string of the molecule is Cn1ccc(-c2cc(C(=O)Nc3cnc(CN4CC(O)C(O)C4)nc3-c3ccccc3)c(F)cc2C(F)(F)F)n1. The molecule has 1 amide bonds. The number of carbonyl (C=O) groups excluding carboxylic acids is 1. The summed E-state index contributed by atoms with van der Waals surface area (Å²) in [4.78, 5) is 23.8. The number of likely N-dealkylation sites (tertiary alicyclic amines) is 1. The molecule has 3 heterocycles. The lowest BCUT2D eigenvalue weighted by atomic mass is 9.99. The number of nitrogens with one attached hydrogen (secondary N) is 1. The van der Waals surface area contributed by atoms with Crippen LogP contribution in [0.15, 0.2) is 60.9 Å². The molecule has 2 unspecified atom stereocenters. The minimum Gasteiger partial charge on any atom is -0.389 e. The monoisotopic (exact) mass is 556 g/mol. The van der Waals surface area contributed by atoms with Crippen LogP contribution in [0, 0.1) is 5.82 Å². The molecule has 2 atom stereocenters. The van der Waals surface area contributed by atoms with Crippen LogP contribution in [0.25, 0.3) is 22.5 Å². The van der Waals surface area contributed by atoms with Crippen LogP contribution in [-0.2, 0) is 19.8 Å². The standard InChI is InChI=1S/C27H24F4N6O3/c1-36-8-7-20(35-36)16-9-17(19(28)10-18(16)27(29,30)31)26(40)33-21-11-32-24(14-37-12-22(38)23(39)13-37)34-25(21)15-5-3-2-4-6-15/h2-11,22-23,38-39H,12-14H2,1H3,(H,33,40). The Morgan fingerprint density at radius 2 is 1.80 bits per heavy atom. The van der Waals surface area contributed by atoms with Gasteiger partial charge >= 0.3 is 6.18 Å². The first-order chi connectivity index (χ1) is 19.0. The predicted molar refractivity (Wildman–Crippen MR) is 136 cm³/mol. The number of rotatable bonds is 6. The Hall–Kier alpha value is -4.20. The molecule has 1 saturated heterocycles. The van der Waals surface area contributed by atoms with Crippen LogP contribution >= 0.6 is 0 Å². The summed E-state index contributed by atoms with van der Waals surface area (Å²) < 4.78 is 57.4. The molecular formula is C27H24F4N6O3. The second-order valence-corrected chi connectivity index (χ2v) is 9.45. The topological polar surface area (TPSA) is 116 Å². The molecule has 4 aromatic rings. The van der Waals surface area contributed by atoms with Gasteiger partial charge in [0.1, 0.15) is 11.6 Å². The van der Waals surface area contributed by atoms with Crippen LogP contribution in [0.5, 0.6) is 0 Å². The van der Waals surface area contributed by atoms with Gasteiger partial charge in [-0.1, -0.05) is 30.3 Å². The molecule has 3 N–H and O–H groups in total. The molecule has 40 heavy (non-hydrogen) atoms. The fourth-order valence-electron chi connectivity index (χ4n) is 4.52. The zero-order valence-corrected chi connectivity index (χ0v) is 21.1. The van der Waals surface area contributed by atoms with Crippen molar-refractivity contribution in [2.75, 3.05) is 18.4 Å². The summed E-state index contributed by atoms with van der Waals surface area (Å²) in [6, 6.07) is 11.2. The molecule has 1 aliphatic heterocycles. The van der Waals surface area contributed by atoms with Gasteiger partial charge in [0, 0.05) is 37.5 Å². The molecule has 0 bridgehead atoms. The van der Waals surface area contributed by atoms with Crippen molar-refractivity contribution < 1.29 is 32.6 Å². The number of nitrogens with zero attached hydrogens (tertiary/aromatic N) is 5. The molecule has 1 aliphatic rings. The van der Waals surface area contributed by atoms with E-state index in [4.69, 9.17) is 0 Å². The van der Waals surface area contributed by atoms with Crippen molar-refractivity contribution in [2.45, 2.75) is 24.9 Å². The van der Waals surface area contributed by atoms with Gasteiger partial charge in [0.15, 0.2) is 0 Å². The van der Waals surface area contributed by atoms with E-state index in [1.54, 1.807) is 35.2 Å². The molecule has 0 aliphatic carbocycles. The smallest absolute Gasteiger partial charge is 0.389 e. The molecule has 13 heteroatoms. The maximum absolute atomic E-state index is 14.9. The summed E-state index contributed by atoms with van der Waals surface area (Å²) >= 11 is 0. The lowest BCUT2D eigenvalue weighted by Gasteiger charge is -2.17. The highest BCUT2D eigenvalue weighted by Crippen LogP contribution is 2.38. The second kappa shape index (κ2) is 10.8. The Morgan fingerprint density at radius 3 is 2.42 bits per heavy atom. The zero-order valence-electron chi connectivity index (χ0n) is 21.1. The summed E-state index contributed by atoms with van der Waals surface area (Å²) in [7, 11) is 1.52. The van der Waals surface area contributed by atoms with Crippen molar-refractivity contribution in [1.82, 2.24) is 24.6 Å². The number of benzene rings is 2. The number of β-amino-alcohol motifs (C(OH)–C–C–N with tert-alkyl or cyclic N) is 2. The first-order valence-electron chi connectivity index (χ1n) is 12.2. The number of aromatic nitrogens is 4. The fraction of sp³-hybridized carbons (Fsp3) is 0.259. The van der Waals surface area contributed by atoms with Gasteiger partial charge < -0.3 is 15.5 Å². The van der Waals surface area contributed by atoms with Gasteiger partial charge in [0.2, 0.25) is 0 Å². The van der Waals surface area contributed by atoms with E-state index in [1.807, 2.05) is 0 Å². The number of aliphatic hydroxyl groups excluding tert-OH is 2. The Bertz CT molecular complexity index is 1530. The van der Waals surface area contributed by atoms with Gasteiger partial charge in [-0.15, -0.1) is 0 Å². The second-order valence-electron chi connectivity index (χ2n) is 9.45. The number of aryl methyl sites for hydroxylation is 1. The van der Waals surface area contributed by atoms with Crippen molar-refractivity contribution in [3.8, 4) is 22.5 Å². The van der Waals surface area contributed by atoms with Crippen LogP contribution in [0.2, 0.25) is 0 Å². The normalized spacial score (nSPS) is 17.8. The number of amides is 1. The minimum absolute atomic E-state index is 0.0707. The van der Waals surface area contributed by atoms with E-state index in [1.165, 1.54) is 30.2 Å². The quantitative estimate of drug-likeness (QED) is 0.312. The first kappa shape index (κ1) is 27.4. The lowest BCUT2D eigenvalue weighted by Crippen LogP contribution is -2.23. The summed E-state index contributed by atoms with van der Waals surface area (Å²) in [5, 5.41) is 26.2. The molecule has 9 nitrogen and oxygen atoms in total. The molecule has 0 radical (unpaired) electrons. The number of halogens is 4. The maximum atomic E-state index is 14.9. The van der Waals surface area contributed by atoms with Crippen LogP contribution in [0.3, 0.4) is 0 Å². The highest BCUT2D eigenvalue weighted by molar-refractivity contribution is 6.06. The Kier molecular flexibility index (Phi) is 7.36. The maximum Gasteiger partial charge on any atom is 0.417 e. The lowest BCUT2D eigenvalue weighted by molar-refractivity contribution is -0.137. The van der Waals surface area contributed by atoms with E-state index in [0.717, 1.165) is 6.07 Å². The van der Waals surface area contributed by atoms with Crippen molar-refractivity contribution in [3.05, 3.63) is 83.7 Å². The van der Waals surface area contributed by atoms with Crippen molar-refractivity contribution >= 4 is 11.6 Å². The first-order valence-corrected chi connectivity index (χ1v) is 12.2. The van der Waals surface area contributed by atoms with E-state index in [2.05, 4.69) is 20.4 Å². The predicted octanol–water partition coefficient (Wildman–Crippen LogP) is 3.49. The Balaban J connectivity index is 1.50. The van der Waals surface area contributed by atoms with Gasteiger partial charge in [0.25, 0.3) is 5.91 Å². The largest absolute Gasteiger partial charge is 0.417 e. The number of anilines is 1. The summed E-state index contributed by atoms with van der Waals surface area (Å²) in [6.45, 7) is 0.675. The molecule has 0 saturated carbocycles. The Labute approximate surface area is 225 Å². The van der Waals surface area contributed by atoms with Crippen LogP contribution in [0.1, 0.15) is 21.7 Å². The highest BCUT2D eigenvalue weighted by atomic mass is 19.4. The molecule has 2 aromatic heterocycles. The van der Waals surface area contributed by atoms with Crippen LogP contribution in [-0.4, -0.2) is 66.1 Å². The Morgan fingerprint density at radius 1 is 1.10 bits per heavy atom. The minimum atomic E-state index is -4.88. The van der Waals surface area contributed by atoms with E-state index in [0.29, 0.717) is 17.1 Å². The highest BCUT2D eigenvalue weighted by Gasteiger charge is 2.36. The van der Waals surface area contributed by atoms with Gasteiger partial charge in [-0.05, 0) is 18.2 Å². The van der Waals surface area contributed by atoms with Gasteiger partial charge in [-0.25, -0.2) is 14.4 Å². The van der Waals surface area contributed by atoms with Crippen molar-refractivity contribution in [3.63, 3.8) is 0 Å². The number of carbonyl (C=O) groups is 1. The summed E-state index contributed by atoms with van der Waals surface area (Å²) in [5.41, 5.74) is -1.36. The molecular weight excluding hydrogens is 532 g/mol. The number of alkyl halides is 3. The molecule has 5 rings (SSSR count). The third kappa shape index (κ3) is 5.71. The van der Waals surface area contributed by atoms with Crippen LogP contribution in [0.4, 0.5) is 23.2 Å². The molecule has 208 valence electrons. The van der Waals surface area contributed by atoms with Crippen LogP contribution < -0.4 is 5.32 Å². The molecule has 1 fully saturated rings. The average Bonchev–Trinajstić information content (AvgIpc) is 3.48. The van der Waals surface area contributed by atoms with Gasteiger partial charge in [-0.3, -0.25) is 14.4 Å². The van der Waals surface area contributed by atoms with Crippen molar-refractivity contribution in [1.29, 1.82) is 0 Å². The zero-order chi connectivity index (χ0) is 28.6. The van der Waals surface area contributed by atoms with Crippen molar-refractivity contribution in [2.24, 2.45) is 7.05 Å². The third-order valence-electron chi connectivity index (χ3n) is 6.48. The van der Waals surface area contributed by atoms with E-state index < -0.39 is 46.8 Å². The number of hydrogen-bond donors (Lipinski definition) is 3. The number of aliphatic hydroxyl groups is 2. The van der Waals surface area contributed by atoms with Gasteiger partial charge in [-0.2, -0.15) is 18.3 Å². The third-order valence-corrected chi connectivity index (χ3v) is 6.48. The molecule has 0 spiro atoms. The van der Waals surface area contributed by atoms with E-state index in [9.17, 15) is 32.6 Å². The average molecular weight is 557 g/mol. The summed E-state index contributed by atoms with van der Waals surface area (Å²) in [5.74, 6) is -2.01.